The standard InChI is InChI=1S/C25H31Cl2N3O4S/c1-17-3-5-19(6-4-17)25(31)28-35(32,33)30-15-9-20(10-16-30)29-13-11-21(12-14-29)34-23-8-7-22(26)18(2)24(23)27/h3-8,20-21H,9-16H2,1-2H3,(H,28,31). The van der Waals surface area contributed by atoms with E-state index in [1.807, 2.05) is 19.9 Å². The molecule has 7 nitrogen and oxygen atoms in total. The molecule has 0 spiro atoms. The van der Waals surface area contributed by atoms with Gasteiger partial charge in [-0.05, 0) is 69.4 Å². The Balaban J connectivity index is 1.25. The number of halogens is 2. The first-order valence-corrected chi connectivity index (χ1v) is 14.1. The van der Waals surface area contributed by atoms with Crippen molar-refractivity contribution in [3.8, 4) is 5.75 Å². The van der Waals surface area contributed by atoms with Crippen LogP contribution in [-0.4, -0.2) is 61.9 Å². The number of likely N-dealkylation sites (tertiary alicyclic amines) is 1. The zero-order chi connectivity index (χ0) is 25.2. The van der Waals surface area contributed by atoms with Crippen LogP contribution in [0.1, 0.15) is 47.2 Å². The van der Waals surface area contributed by atoms with Gasteiger partial charge in [0.2, 0.25) is 0 Å². The second kappa shape index (κ2) is 11.0. The molecule has 0 saturated carbocycles. The maximum absolute atomic E-state index is 12.8. The van der Waals surface area contributed by atoms with Crippen molar-refractivity contribution >= 4 is 39.3 Å². The second-order valence-electron chi connectivity index (χ2n) is 9.27. The molecule has 2 aliphatic rings. The molecule has 35 heavy (non-hydrogen) atoms. The highest BCUT2D eigenvalue weighted by molar-refractivity contribution is 7.87. The molecular weight excluding hydrogens is 509 g/mol. The Bertz CT molecular complexity index is 1160. The summed E-state index contributed by atoms with van der Waals surface area (Å²) in [4.78, 5) is 14.8. The van der Waals surface area contributed by atoms with Crippen LogP contribution in [0.3, 0.4) is 0 Å². The van der Waals surface area contributed by atoms with Crippen LogP contribution >= 0.6 is 23.2 Å². The van der Waals surface area contributed by atoms with E-state index in [1.54, 1.807) is 30.3 Å². The van der Waals surface area contributed by atoms with Crippen LogP contribution in [0.4, 0.5) is 0 Å². The van der Waals surface area contributed by atoms with Gasteiger partial charge >= 0.3 is 10.2 Å². The van der Waals surface area contributed by atoms with Crippen LogP contribution in [0.2, 0.25) is 10.0 Å². The fourth-order valence-corrected chi connectivity index (χ4v) is 6.25. The van der Waals surface area contributed by atoms with Gasteiger partial charge in [0, 0.05) is 42.8 Å². The molecule has 2 fully saturated rings. The van der Waals surface area contributed by atoms with E-state index >= 15 is 0 Å². The molecular formula is C25H31Cl2N3O4S. The molecule has 0 aliphatic carbocycles. The van der Waals surface area contributed by atoms with Crippen LogP contribution in [0.15, 0.2) is 36.4 Å². The number of ether oxygens (including phenoxy) is 1. The Labute approximate surface area is 217 Å². The molecule has 10 heteroatoms. The summed E-state index contributed by atoms with van der Waals surface area (Å²) in [5.41, 5.74) is 2.15. The van der Waals surface area contributed by atoms with Gasteiger partial charge in [-0.25, -0.2) is 4.72 Å². The van der Waals surface area contributed by atoms with E-state index in [-0.39, 0.29) is 6.10 Å². The SMILES string of the molecule is Cc1ccc(C(=O)NS(=O)(=O)N2CCC(N3CCC(Oc4ccc(Cl)c(C)c4Cl)CC3)CC2)cc1. The molecule has 0 bridgehead atoms. The van der Waals surface area contributed by atoms with Crippen LogP contribution in [0.5, 0.6) is 5.75 Å². The van der Waals surface area contributed by atoms with Crippen molar-refractivity contribution in [3.05, 3.63) is 63.1 Å². The zero-order valence-electron chi connectivity index (χ0n) is 20.0. The average molecular weight is 541 g/mol. The maximum Gasteiger partial charge on any atom is 0.304 e. The van der Waals surface area contributed by atoms with E-state index in [4.69, 9.17) is 27.9 Å². The molecule has 4 rings (SSSR count). The Morgan fingerprint density at radius 1 is 0.943 bits per heavy atom. The van der Waals surface area contributed by atoms with Crippen molar-refractivity contribution < 1.29 is 17.9 Å². The van der Waals surface area contributed by atoms with Gasteiger partial charge in [-0.1, -0.05) is 40.9 Å². The van der Waals surface area contributed by atoms with Gasteiger partial charge in [-0.3, -0.25) is 4.79 Å². The van der Waals surface area contributed by atoms with Gasteiger partial charge in [-0.2, -0.15) is 12.7 Å². The lowest BCUT2D eigenvalue weighted by atomic mass is 10.00. The van der Waals surface area contributed by atoms with E-state index in [9.17, 15) is 13.2 Å². The molecule has 0 unspecified atom stereocenters. The minimum atomic E-state index is -3.88. The lowest BCUT2D eigenvalue weighted by molar-refractivity contribution is 0.0584. The monoisotopic (exact) mass is 539 g/mol. The lowest BCUT2D eigenvalue weighted by Gasteiger charge is -2.41. The molecule has 0 radical (unpaired) electrons. The molecule has 2 aromatic carbocycles. The van der Waals surface area contributed by atoms with Gasteiger partial charge in [-0.15, -0.1) is 0 Å². The molecule has 1 N–H and O–H groups in total. The fourth-order valence-electron chi connectivity index (χ4n) is 4.66. The predicted octanol–water partition coefficient (Wildman–Crippen LogP) is 4.59. The van der Waals surface area contributed by atoms with Crippen molar-refractivity contribution in [1.82, 2.24) is 13.9 Å². The number of amides is 1. The number of aryl methyl sites for hydroxylation is 1. The Kier molecular flexibility index (Phi) is 8.28. The first kappa shape index (κ1) is 26.2. The number of carbonyl (C=O) groups is 1. The minimum absolute atomic E-state index is 0.0850. The summed E-state index contributed by atoms with van der Waals surface area (Å²) in [6.07, 6.45) is 3.30. The smallest absolute Gasteiger partial charge is 0.304 e. The number of carbonyl (C=O) groups excluding carboxylic acids is 1. The van der Waals surface area contributed by atoms with E-state index in [0.29, 0.717) is 40.5 Å². The number of nitrogens with one attached hydrogen (secondary N) is 1. The third-order valence-electron chi connectivity index (χ3n) is 6.87. The van der Waals surface area contributed by atoms with E-state index in [2.05, 4.69) is 9.62 Å². The largest absolute Gasteiger partial charge is 0.489 e. The lowest BCUT2D eigenvalue weighted by Crippen LogP contribution is -2.52. The molecule has 190 valence electrons. The van der Waals surface area contributed by atoms with E-state index in [1.165, 1.54) is 4.31 Å². The number of benzene rings is 2. The number of piperidine rings is 2. The van der Waals surface area contributed by atoms with E-state index < -0.39 is 16.1 Å². The number of rotatable bonds is 6. The summed E-state index contributed by atoms with van der Waals surface area (Å²) in [6, 6.07) is 10.8. The highest BCUT2D eigenvalue weighted by Gasteiger charge is 2.33. The van der Waals surface area contributed by atoms with Crippen molar-refractivity contribution in [3.63, 3.8) is 0 Å². The summed E-state index contributed by atoms with van der Waals surface area (Å²) in [6.45, 7) is 6.33. The Morgan fingerprint density at radius 2 is 1.57 bits per heavy atom. The molecule has 2 aliphatic heterocycles. The normalized spacial score (nSPS) is 19.0. The number of hydrogen-bond acceptors (Lipinski definition) is 5. The molecule has 2 heterocycles. The van der Waals surface area contributed by atoms with Gasteiger partial charge in [0.25, 0.3) is 5.91 Å². The molecule has 0 atom stereocenters. The van der Waals surface area contributed by atoms with Crippen molar-refractivity contribution in [2.24, 2.45) is 0 Å². The molecule has 1 amide bonds. The summed E-state index contributed by atoms with van der Waals surface area (Å²) in [5, 5.41) is 1.18. The zero-order valence-corrected chi connectivity index (χ0v) is 22.3. The summed E-state index contributed by atoms with van der Waals surface area (Å²) in [5.74, 6) is 0.0587. The third-order valence-corrected chi connectivity index (χ3v) is 9.24. The molecule has 0 aromatic heterocycles. The fraction of sp³-hybridized carbons (Fsp3) is 0.480. The topological polar surface area (TPSA) is 79.0 Å². The summed E-state index contributed by atoms with van der Waals surface area (Å²) >= 11 is 12.5. The maximum atomic E-state index is 12.8. The number of nitrogens with zero attached hydrogens (tertiary/aromatic N) is 2. The first-order valence-electron chi connectivity index (χ1n) is 11.9. The van der Waals surface area contributed by atoms with Crippen LogP contribution in [-0.2, 0) is 10.2 Å². The van der Waals surface area contributed by atoms with E-state index in [0.717, 1.165) is 49.9 Å². The minimum Gasteiger partial charge on any atom is -0.489 e. The molecule has 2 saturated heterocycles. The van der Waals surface area contributed by atoms with Crippen LogP contribution in [0, 0.1) is 13.8 Å². The van der Waals surface area contributed by atoms with Crippen molar-refractivity contribution in [2.45, 2.75) is 51.7 Å². The van der Waals surface area contributed by atoms with Gasteiger partial charge in [0.1, 0.15) is 11.9 Å². The Hall–Kier alpha value is -1.84. The van der Waals surface area contributed by atoms with Crippen molar-refractivity contribution in [1.29, 1.82) is 0 Å². The summed E-state index contributed by atoms with van der Waals surface area (Å²) < 4.78 is 35.2. The van der Waals surface area contributed by atoms with Gasteiger partial charge < -0.3 is 9.64 Å². The van der Waals surface area contributed by atoms with Crippen LogP contribution < -0.4 is 9.46 Å². The molecule has 2 aromatic rings. The summed E-state index contributed by atoms with van der Waals surface area (Å²) in [7, 11) is -3.88. The Morgan fingerprint density at radius 3 is 2.20 bits per heavy atom. The predicted molar refractivity (Wildman–Crippen MR) is 139 cm³/mol. The van der Waals surface area contributed by atoms with Gasteiger partial charge in [0.15, 0.2) is 0 Å². The number of hydrogen-bond donors (Lipinski definition) is 1. The van der Waals surface area contributed by atoms with Gasteiger partial charge in [0.05, 0.1) is 5.02 Å². The highest BCUT2D eigenvalue weighted by Crippen LogP contribution is 2.34. The third kappa shape index (κ3) is 6.30. The highest BCUT2D eigenvalue weighted by atomic mass is 35.5. The van der Waals surface area contributed by atoms with Crippen LogP contribution in [0.25, 0.3) is 0 Å². The second-order valence-corrected chi connectivity index (χ2v) is 11.7. The quantitative estimate of drug-likeness (QED) is 0.580. The average Bonchev–Trinajstić information content (AvgIpc) is 2.85. The first-order chi connectivity index (χ1) is 16.6. The van der Waals surface area contributed by atoms with Crippen molar-refractivity contribution in [2.75, 3.05) is 26.2 Å².